The maximum atomic E-state index is 12.8. The van der Waals surface area contributed by atoms with E-state index in [0.717, 1.165) is 56.4 Å². The van der Waals surface area contributed by atoms with Crippen molar-refractivity contribution in [2.75, 3.05) is 6.61 Å². The largest absolute Gasteiger partial charge is 0.378 e. The molecule has 7 heteroatoms. The molecule has 1 atom stereocenters. The molecule has 0 spiro atoms. The third kappa shape index (κ3) is 4.57. The van der Waals surface area contributed by atoms with Crippen molar-refractivity contribution in [2.45, 2.75) is 83.1 Å². The summed E-state index contributed by atoms with van der Waals surface area (Å²) in [6.45, 7) is 4.19. The summed E-state index contributed by atoms with van der Waals surface area (Å²) in [4.78, 5) is 37.9. The lowest BCUT2D eigenvalue weighted by molar-refractivity contribution is -0.136. The highest BCUT2D eigenvalue weighted by atomic mass is 16.5. The smallest absolute Gasteiger partial charge is 0.255 e. The Morgan fingerprint density at radius 1 is 1.13 bits per heavy atom. The number of hydrogen-bond donors (Lipinski definition) is 2. The Morgan fingerprint density at radius 3 is 2.67 bits per heavy atom. The highest BCUT2D eigenvalue weighted by molar-refractivity contribution is 6.05. The summed E-state index contributed by atoms with van der Waals surface area (Å²) in [5, 5.41) is 5.99. The fraction of sp³-hybridized carbons (Fsp3) is 0.609. The summed E-state index contributed by atoms with van der Waals surface area (Å²) in [5.41, 5.74) is 2.77. The molecule has 2 N–H and O–H groups in total. The first-order chi connectivity index (χ1) is 14.5. The van der Waals surface area contributed by atoms with Gasteiger partial charge in [0, 0.05) is 37.7 Å². The molecule has 1 saturated heterocycles. The molecular weight excluding hydrogens is 382 g/mol. The summed E-state index contributed by atoms with van der Waals surface area (Å²) in [6.07, 6.45) is 6.62. The molecule has 1 aromatic rings. The van der Waals surface area contributed by atoms with Crippen molar-refractivity contribution in [3.63, 3.8) is 0 Å². The van der Waals surface area contributed by atoms with Gasteiger partial charge in [0.15, 0.2) is 0 Å². The lowest BCUT2D eigenvalue weighted by atomic mass is 9.92. The number of amides is 3. The molecule has 0 aromatic heterocycles. The minimum Gasteiger partial charge on any atom is -0.378 e. The molecule has 3 amide bonds. The van der Waals surface area contributed by atoms with E-state index < -0.39 is 6.04 Å². The van der Waals surface area contributed by atoms with Crippen LogP contribution in [0.4, 0.5) is 0 Å². The number of piperidine rings is 1. The van der Waals surface area contributed by atoms with E-state index in [1.54, 1.807) is 4.90 Å². The van der Waals surface area contributed by atoms with E-state index >= 15 is 0 Å². The van der Waals surface area contributed by atoms with Gasteiger partial charge in [0.05, 0.1) is 6.10 Å². The fourth-order valence-electron chi connectivity index (χ4n) is 4.72. The number of ether oxygens (including phenoxy) is 1. The van der Waals surface area contributed by atoms with Crippen molar-refractivity contribution in [2.24, 2.45) is 0 Å². The number of carbonyl (C=O) groups is 3. The van der Waals surface area contributed by atoms with Crippen LogP contribution in [0.3, 0.4) is 0 Å². The average Bonchev–Trinajstić information content (AvgIpc) is 3.07. The quantitative estimate of drug-likeness (QED) is 0.670. The monoisotopic (exact) mass is 413 g/mol. The van der Waals surface area contributed by atoms with Gasteiger partial charge in [0.1, 0.15) is 6.04 Å². The molecule has 1 saturated carbocycles. The van der Waals surface area contributed by atoms with E-state index in [-0.39, 0.29) is 24.1 Å². The van der Waals surface area contributed by atoms with E-state index in [1.807, 2.05) is 12.1 Å². The Labute approximate surface area is 177 Å². The van der Waals surface area contributed by atoms with E-state index in [1.165, 1.54) is 0 Å². The molecule has 2 fully saturated rings. The van der Waals surface area contributed by atoms with Gasteiger partial charge in [-0.2, -0.15) is 0 Å². The standard InChI is InChI=1S/C23H31N3O4/c1-2-11-30-18-6-4-17(5-7-18)24-13-15-3-8-19-16(12-15)14-26(23(19)29)20-9-10-21(27)25-22(20)28/h3,8,12,17-18,20,24H,2,4-7,9-11,13-14H2,1H3,(H,25,27,28). The Kier molecular flexibility index (Phi) is 6.49. The summed E-state index contributed by atoms with van der Waals surface area (Å²) in [5.74, 6) is -0.753. The number of carbonyl (C=O) groups excluding carboxylic acids is 3. The summed E-state index contributed by atoms with van der Waals surface area (Å²) < 4.78 is 5.87. The first-order valence-corrected chi connectivity index (χ1v) is 11.2. The molecule has 30 heavy (non-hydrogen) atoms. The zero-order valence-corrected chi connectivity index (χ0v) is 17.6. The highest BCUT2D eigenvalue weighted by Crippen LogP contribution is 2.28. The van der Waals surface area contributed by atoms with Crippen LogP contribution in [0.2, 0.25) is 0 Å². The van der Waals surface area contributed by atoms with Gasteiger partial charge in [-0.15, -0.1) is 0 Å². The van der Waals surface area contributed by atoms with Crippen LogP contribution in [0.5, 0.6) is 0 Å². The van der Waals surface area contributed by atoms with Crippen LogP contribution in [0.1, 0.15) is 73.4 Å². The van der Waals surface area contributed by atoms with Gasteiger partial charge in [-0.25, -0.2) is 0 Å². The lowest BCUT2D eigenvalue weighted by Crippen LogP contribution is -2.52. The van der Waals surface area contributed by atoms with Crippen LogP contribution in [-0.2, 0) is 27.4 Å². The van der Waals surface area contributed by atoms with Crippen molar-refractivity contribution in [1.82, 2.24) is 15.5 Å². The lowest BCUT2D eigenvalue weighted by Gasteiger charge is -2.29. The summed E-state index contributed by atoms with van der Waals surface area (Å²) >= 11 is 0. The minimum atomic E-state index is -0.561. The SMILES string of the molecule is CCCOC1CCC(NCc2ccc3c(c2)CN(C2CCC(=O)NC2=O)C3=O)CC1. The first kappa shape index (κ1) is 21.0. The number of hydrogen-bond acceptors (Lipinski definition) is 5. The molecule has 0 bridgehead atoms. The number of nitrogens with zero attached hydrogens (tertiary/aromatic N) is 1. The zero-order valence-electron chi connectivity index (χ0n) is 17.6. The summed E-state index contributed by atoms with van der Waals surface area (Å²) in [7, 11) is 0. The van der Waals surface area contributed by atoms with Gasteiger partial charge in [0.25, 0.3) is 5.91 Å². The topological polar surface area (TPSA) is 87.7 Å². The van der Waals surface area contributed by atoms with E-state index in [2.05, 4.69) is 23.6 Å². The molecule has 1 aromatic carbocycles. The normalized spacial score (nSPS) is 26.6. The van der Waals surface area contributed by atoms with Crippen molar-refractivity contribution in [1.29, 1.82) is 0 Å². The van der Waals surface area contributed by atoms with Gasteiger partial charge in [-0.3, -0.25) is 19.7 Å². The van der Waals surface area contributed by atoms with Crippen molar-refractivity contribution in [3.8, 4) is 0 Å². The maximum Gasteiger partial charge on any atom is 0.255 e. The number of nitrogens with one attached hydrogen (secondary N) is 2. The molecule has 2 aliphatic heterocycles. The van der Waals surface area contributed by atoms with Gasteiger partial charge < -0.3 is 15.0 Å². The Bertz CT molecular complexity index is 817. The third-order valence-electron chi connectivity index (χ3n) is 6.41. The second-order valence-corrected chi connectivity index (χ2v) is 8.62. The molecule has 0 radical (unpaired) electrons. The number of benzene rings is 1. The van der Waals surface area contributed by atoms with Crippen molar-refractivity contribution in [3.05, 3.63) is 34.9 Å². The second-order valence-electron chi connectivity index (χ2n) is 8.62. The predicted octanol–water partition coefficient (Wildman–Crippen LogP) is 2.27. The molecule has 1 unspecified atom stereocenters. The number of rotatable bonds is 7. The van der Waals surface area contributed by atoms with Crippen LogP contribution in [0.15, 0.2) is 18.2 Å². The molecule has 4 rings (SSSR count). The fourth-order valence-corrected chi connectivity index (χ4v) is 4.72. The highest BCUT2D eigenvalue weighted by Gasteiger charge is 2.39. The van der Waals surface area contributed by atoms with E-state index in [4.69, 9.17) is 4.74 Å². The molecule has 3 aliphatic rings. The molecule has 2 heterocycles. The van der Waals surface area contributed by atoms with E-state index in [9.17, 15) is 14.4 Å². The van der Waals surface area contributed by atoms with Crippen LogP contribution in [-0.4, -0.2) is 47.4 Å². The van der Waals surface area contributed by atoms with Gasteiger partial charge >= 0.3 is 0 Å². The van der Waals surface area contributed by atoms with Crippen molar-refractivity contribution < 1.29 is 19.1 Å². The van der Waals surface area contributed by atoms with Gasteiger partial charge in [-0.1, -0.05) is 19.1 Å². The average molecular weight is 414 g/mol. The van der Waals surface area contributed by atoms with Crippen LogP contribution in [0.25, 0.3) is 0 Å². The Balaban J connectivity index is 1.31. The van der Waals surface area contributed by atoms with Gasteiger partial charge in [-0.05, 0) is 55.7 Å². The third-order valence-corrected chi connectivity index (χ3v) is 6.41. The Hall–Kier alpha value is -2.25. The van der Waals surface area contributed by atoms with Gasteiger partial charge in [0.2, 0.25) is 11.8 Å². The second kappa shape index (κ2) is 9.27. The van der Waals surface area contributed by atoms with Crippen LogP contribution < -0.4 is 10.6 Å². The van der Waals surface area contributed by atoms with Crippen LogP contribution >= 0.6 is 0 Å². The molecule has 1 aliphatic carbocycles. The molecule has 162 valence electrons. The number of fused-ring (bicyclic) bond motifs is 1. The summed E-state index contributed by atoms with van der Waals surface area (Å²) in [6, 6.07) is 5.88. The Morgan fingerprint density at radius 2 is 1.93 bits per heavy atom. The maximum absolute atomic E-state index is 12.8. The first-order valence-electron chi connectivity index (χ1n) is 11.2. The van der Waals surface area contributed by atoms with E-state index in [0.29, 0.717) is 30.7 Å². The van der Waals surface area contributed by atoms with Crippen molar-refractivity contribution >= 4 is 17.7 Å². The minimum absolute atomic E-state index is 0.121. The predicted molar refractivity (Wildman–Crippen MR) is 112 cm³/mol. The number of imide groups is 1. The zero-order chi connectivity index (χ0) is 21.1. The molecule has 7 nitrogen and oxygen atoms in total. The molecular formula is C23H31N3O4. The van der Waals surface area contributed by atoms with Crippen LogP contribution in [0, 0.1) is 0 Å².